The number of halogens is 1. The van der Waals surface area contributed by atoms with Gasteiger partial charge in [0.25, 0.3) is 5.91 Å². The molecule has 0 bridgehead atoms. The molecule has 1 unspecified atom stereocenters. The topological polar surface area (TPSA) is 89.1 Å². The minimum atomic E-state index is -0.286. The molecular weight excluding hydrogens is 330 g/mol. The standard InChI is InChI=1S/C15H17N7O.ClH/c23-14(17-15-19-18-13-5-1-2-8-21(13)15)12-6-9-22(20-12)11-4-3-7-16-10-11;/h1-2,5-6,8-9,11,16H,3-4,7,10H2,(H,17,19,23);1H. The number of pyridine rings is 1. The molecule has 24 heavy (non-hydrogen) atoms. The summed E-state index contributed by atoms with van der Waals surface area (Å²) in [4.78, 5) is 12.4. The number of amides is 1. The van der Waals surface area contributed by atoms with Crippen LogP contribution in [0.3, 0.4) is 0 Å². The number of fused-ring (bicyclic) bond motifs is 1. The predicted octanol–water partition coefficient (Wildman–Crippen LogP) is 1.52. The van der Waals surface area contributed by atoms with Crippen LogP contribution in [0.2, 0.25) is 0 Å². The van der Waals surface area contributed by atoms with E-state index in [-0.39, 0.29) is 18.3 Å². The van der Waals surface area contributed by atoms with Gasteiger partial charge in [-0.25, -0.2) is 0 Å². The molecule has 0 radical (unpaired) electrons. The van der Waals surface area contributed by atoms with Crippen molar-refractivity contribution in [2.24, 2.45) is 0 Å². The molecule has 1 saturated heterocycles. The van der Waals surface area contributed by atoms with E-state index in [1.807, 2.05) is 29.1 Å². The van der Waals surface area contributed by atoms with Crippen LogP contribution in [-0.4, -0.2) is 43.4 Å². The first-order valence-electron chi connectivity index (χ1n) is 7.68. The first-order chi connectivity index (χ1) is 11.3. The highest BCUT2D eigenvalue weighted by molar-refractivity contribution is 6.01. The molecule has 9 heteroatoms. The number of piperidine rings is 1. The smallest absolute Gasteiger partial charge is 0.278 e. The molecule has 0 aliphatic carbocycles. The fraction of sp³-hybridized carbons (Fsp3) is 0.333. The summed E-state index contributed by atoms with van der Waals surface area (Å²) >= 11 is 0. The lowest BCUT2D eigenvalue weighted by Crippen LogP contribution is -2.32. The van der Waals surface area contributed by atoms with Crippen molar-refractivity contribution in [3.63, 3.8) is 0 Å². The molecular formula is C15H18ClN7O. The van der Waals surface area contributed by atoms with Crippen molar-refractivity contribution in [2.75, 3.05) is 18.4 Å². The number of anilines is 1. The molecule has 1 atom stereocenters. The van der Waals surface area contributed by atoms with E-state index in [9.17, 15) is 4.79 Å². The van der Waals surface area contributed by atoms with E-state index in [1.165, 1.54) is 0 Å². The summed E-state index contributed by atoms with van der Waals surface area (Å²) in [6.07, 6.45) is 5.86. The van der Waals surface area contributed by atoms with Crippen molar-refractivity contribution >= 4 is 29.9 Å². The van der Waals surface area contributed by atoms with Crippen LogP contribution in [0, 0.1) is 0 Å². The van der Waals surface area contributed by atoms with Gasteiger partial charge in [0.2, 0.25) is 5.95 Å². The lowest BCUT2D eigenvalue weighted by molar-refractivity contribution is 0.102. The first kappa shape index (κ1) is 16.4. The van der Waals surface area contributed by atoms with Crippen LogP contribution in [0.4, 0.5) is 5.95 Å². The van der Waals surface area contributed by atoms with Crippen LogP contribution >= 0.6 is 12.4 Å². The highest BCUT2D eigenvalue weighted by Gasteiger charge is 2.18. The Balaban J connectivity index is 0.00000169. The summed E-state index contributed by atoms with van der Waals surface area (Å²) < 4.78 is 3.59. The third-order valence-corrected chi connectivity index (χ3v) is 4.03. The molecule has 3 aromatic heterocycles. The number of aromatic nitrogens is 5. The minimum absolute atomic E-state index is 0. The van der Waals surface area contributed by atoms with Gasteiger partial charge in [-0.15, -0.1) is 22.6 Å². The van der Waals surface area contributed by atoms with E-state index in [1.54, 1.807) is 16.7 Å². The maximum atomic E-state index is 12.4. The zero-order chi connectivity index (χ0) is 15.6. The summed E-state index contributed by atoms with van der Waals surface area (Å²) in [5.41, 5.74) is 1.06. The van der Waals surface area contributed by atoms with E-state index in [4.69, 9.17) is 0 Å². The number of hydrogen-bond acceptors (Lipinski definition) is 5. The fourth-order valence-corrected chi connectivity index (χ4v) is 2.81. The highest BCUT2D eigenvalue weighted by Crippen LogP contribution is 2.16. The first-order valence-corrected chi connectivity index (χ1v) is 7.68. The molecule has 1 amide bonds. The summed E-state index contributed by atoms with van der Waals surface area (Å²) in [6.45, 7) is 1.93. The van der Waals surface area contributed by atoms with Crippen molar-refractivity contribution in [3.8, 4) is 0 Å². The number of hydrogen-bond donors (Lipinski definition) is 2. The molecule has 2 N–H and O–H groups in total. The van der Waals surface area contributed by atoms with Gasteiger partial charge in [0.05, 0.1) is 6.04 Å². The van der Waals surface area contributed by atoms with Gasteiger partial charge in [-0.1, -0.05) is 6.07 Å². The van der Waals surface area contributed by atoms with Gasteiger partial charge in [-0.2, -0.15) is 5.10 Å². The average Bonchev–Trinajstić information content (AvgIpc) is 3.24. The Kier molecular flexibility index (Phi) is 4.77. The van der Waals surface area contributed by atoms with Crippen LogP contribution in [0.25, 0.3) is 5.65 Å². The summed E-state index contributed by atoms with van der Waals surface area (Å²) in [5, 5.41) is 18.5. The predicted molar refractivity (Wildman–Crippen MR) is 91.6 cm³/mol. The second-order valence-electron chi connectivity index (χ2n) is 5.59. The summed E-state index contributed by atoms with van der Waals surface area (Å²) in [7, 11) is 0. The second kappa shape index (κ2) is 6.98. The van der Waals surface area contributed by atoms with Gasteiger partial charge in [0.1, 0.15) is 0 Å². The molecule has 4 rings (SSSR count). The molecule has 4 heterocycles. The molecule has 0 spiro atoms. The van der Waals surface area contributed by atoms with Gasteiger partial charge >= 0.3 is 0 Å². The fourth-order valence-electron chi connectivity index (χ4n) is 2.81. The molecule has 0 aromatic carbocycles. The van der Waals surface area contributed by atoms with Crippen molar-refractivity contribution in [1.29, 1.82) is 0 Å². The Morgan fingerprint density at radius 1 is 1.25 bits per heavy atom. The van der Waals surface area contributed by atoms with Crippen molar-refractivity contribution in [1.82, 2.24) is 29.7 Å². The molecule has 0 saturated carbocycles. The number of rotatable bonds is 3. The number of carbonyl (C=O) groups is 1. The van der Waals surface area contributed by atoms with Gasteiger partial charge in [-0.3, -0.25) is 19.2 Å². The zero-order valence-electron chi connectivity index (χ0n) is 12.9. The van der Waals surface area contributed by atoms with Crippen LogP contribution in [0.15, 0.2) is 36.7 Å². The highest BCUT2D eigenvalue weighted by atomic mass is 35.5. The molecule has 3 aromatic rings. The average molecular weight is 348 g/mol. The van der Waals surface area contributed by atoms with E-state index in [0.29, 0.717) is 23.3 Å². The SMILES string of the molecule is Cl.O=C(Nc1nnc2ccccn12)c1ccn(C2CCCNC2)n1. The van der Waals surface area contributed by atoms with Crippen LogP contribution in [0.5, 0.6) is 0 Å². The van der Waals surface area contributed by atoms with E-state index < -0.39 is 0 Å². The molecule has 1 aliphatic heterocycles. The van der Waals surface area contributed by atoms with Crippen molar-refractivity contribution in [3.05, 3.63) is 42.4 Å². The number of nitrogens with zero attached hydrogens (tertiary/aromatic N) is 5. The number of nitrogens with one attached hydrogen (secondary N) is 2. The minimum Gasteiger partial charge on any atom is -0.315 e. The van der Waals surface area contributed by atoms with E-state index in [0.717, 1.165) is 25.9 Å². The molecule has 1 fully saturated rings. The Morgan fingerprint density at radius 3 is 3.00 bits per heavy atom. The summed E-state index contributed by atoms with van der Waals surface area (Å²) in [6, 6.07) is 7.59. The van der Waals surface area contributed by atoms with Gasteiger partial charge in [0.15, 0.2) is 11.3 Å². The Bertz CT molecular complexity index is 837. The Hall–Kier alpha value is -2.45. The van der Waals surface area contributed by atoms with Crippen molar-refractivity contribution in [2.45, 2.75) is 18.9 Å². The van der Waals surface area contributed by atoms with Crippen LogP contribution < -0.4 is 10.6 Å². The molecule has 1 aliphatic rings. The third kappa shape index (κ3) is 3.10. The third-order valence-electron chi connectivity index (χ3n) is 4.03. The maximum Gasteiger partial charge on any atom is 0.278 e. The summed E-state index contributed by atoms with van der Waals surface area (Å²) in [5.74, 6) is 0.102. The quantitative estimate of drug-likeness (QED) is 0.750. The Morgan fingerprint density at radius 2 is 2.17 bits per heavy atom. The lowest BCUT2D eigenvalue weighted by atomic mass is 10.1. The Labute approximate surface area is 144 Å². The number of carbonyl (C=O) groups excluding carboxylic acids is 1. The second-order valence-corrected chi connectivity index (χ2v) is 5.59. The molecule has 126 valence electrons. The van der Waals surface area contributed by atoms with Crippen LogP contribution in [-0.2, 0) is 0 Å². The molecule has 8 nitrogen and oxygen atoms in total. The largest absolute Gasteiger partial charge is 0.315 e. The van der Waals surface area contributed by atoms with Crippen molar-refractivity contribution < 1.29 is 4.79 Å². The normalized spacial score (nSPS) is 17.4. The lowest BCUT2D eigenvalue weighted by Gasteiger charge is -2.22. The van der Waals surface area contributed by atoms with E-state index in [2.05, 4.69) is 25.9 Å². The van der Waals surface area contributed by atoms with Gasteiger partial charge in [0, 0.05) is 18.9 Å². The van der Waals surface area contributed by atoms with Gasteiger partial charge in [-0.05, 0) is 37.6 Å². The monoisotopic (exact) mass is 347 g/mol. The maximum absolute atomic E-state index is 12.4. The van der Waals surface area contributed by atoms with Gasteiger partial charge < -0.3 is 5.32 Å². The van der Waals surface area contributed by atoms with E-state index >= 15 is 0 Å². The van der Waals surface area contributed by atoms with Crippen LogP contribution in [0.1, 0.15) is 29.4 Å². The zero-order valence-corrected chi connectivity index (χ0v) is 13.7.